The number of benzene rings is 1. The molecule has 2 N–H and O–H groups in total. The molecule has 0 saturated carbocycles. The Kier molecular flexibility index (Phi) is 4.23. The van der Waals surface area contributed by atoms with Crippen molar-refractivity contribution in [3.05, 3.63) is 64.8 Å². The summed E-state index contributed by atoms with van der Waals surface area (Å²) < 4.78 is 1.57. The molecule has 3 rings (SSSR count). The molecule has 0 bridgehead atoms. The van der Waals surface area contributed by atoms with Gasteiger partial charge in [0.1, 0.15) is 6.23 Å². The van der Waals surface area contributed by atoms with Crippen molar-refractivity contribution in [2.75, 3.05) is 6.54 Å². The quantitative estimate of drug-likeness (QED) is 0.725. The minimum absolute atomic E-state index is 0.0463. The number of nitrogens with zero attached hydrogens (tertiary/aromatic N) is 2. The number of rotatable bonds is 4. The minimum atomic E-state index is -0.711. The van der Waals surface area contributed by atoms with Gasteiger partial charge in [0.15, 0.2) is 0 Å². The first-order chi connectivity index (χ1) is 11.1. The van der Waals surface area contributed by atoms with E-state index in [-0.39, 0.29) is 5.56 Å². The molecule has 0 spiro atoms. The molecule has 3 aromatic rings. The van der Waals surface area contributed by atoms with Gasteiger partial charge in [-0.2, -0.15) is 0 Å². The molecule has 2 heterocycles. The van der Waals surface area contributed by atoms with Crippen molar-refractivity contribution in [2.24, 2.45) is 7.05 Å². The van der Waals surface area contributed by atoms with E-state index in [4.69, 9.17) is 0 Å². The van der Waals surface area contributed by atoms with E-state index in [1.807, 2.05) is 37.4 Å². The van der Waals surface area contributed by atoms with Crippen LogP contribution in [0.3, 0.4) is 0 Å². The molecule has 118 valence electrons. The second kappa shape index (κ2) is 6.32. The van der Waals surface area contributed by atoms with E-state index in [1.165, 1.54) is 0 Å². The third-order valence-corrected chi connectivity index (χ3v) is 3.90. The number of hydrogen-bond acceptors (Lipinski definition) is 4. The van der Waals surface area contributed by atoms with Crippen LogP contribution in [-0.2, 0) is 7.05 Å². The Morgan fingerprint density at radius 3 is 2.91 bits per heavy atom. The lowest BCUT2D eigenvalue weighted by Gasteiger charge is -2.14. The fourth-order valence-electron chi connectivity index (χ4n) is 2.72. The maximum absolute atomic E-state index is 12.3. The molecule has 1 unspecified atom stereocenters. The van der Waals surface area contributed by atoms with Gasteiger partial charge >= 0.3 is 0 Å². The van der Waals surface area contributed by atoms with Crippen LogP contribution in [0.25, 0.3) is 21.9 Å². The molecule has 5 nitrogen and oxygen atoms in total. The lowest BCUT2D eigenvalue weighted by molar-refractivity contribution is 0.142. The molecular weight excluding hydrogens is 290 g/mol. The van der Waals surface area contributed by atoms with Crippen LogP contribution in [0.4, 0.5) is 0 Å². The third-order valence-electron chi connectivity index (χ3n) is 3.90. The van der Waals surface area contributed by atoms with Crippen molar-refractivity contribution in [3.8, 4) is 11.1 Å². The Hall–Kier alpha value is -2.50. The monoisotopic (exact) mass is 309 g/mol. The lowest BCUT2D eigenvalue weighted by atomic mass is 10.00. The number of hydrogen-bond donors (Lipinski definition) is 2. The van der Waals surface area contributed by atoms with E-state index in [2.05, 4.69) is 10.3 Å². The van der Waals surface area contributed by atoms with E-state index in [0.29, 0.717) is 11.9 Å². The smallest absolute Gasteiger partial charge is 0.258 e. The maximum atomic E-state index is 12.3. The first kappa shape index (κ1) is 15.4. The molecule has 0 radical (unpaired) electrons. The van der Waals surface area contributed by atoms with Gasteiger partial charge in [0, 0.05) is 36.6 Å². The van der Waals surface area contributed by atoms with Gasteiger partial charge in [0.2, 0.25) is 0 Å². The molecule has 1 atom stereocenters. The molecule has 0 amide bonds. The molecule has 2 aromatic heterocycles. The van der Waals surface area contributed by atoms with Crippen LogP contribution >= 0.6 is 0 Å². The van der Waals surface area contributed by atoms with Gasteiger partial charge in [-0.3, -0.25) is 15.1 Å². The van der Waals surface area contributed by atoms with E-state index in [9.17, 15) is 9.90 Å². The maximum Gasteiger partial charge on any atom is 0.258 e. The second-order valence-corrected chi connectivity index (χ2v) is 5.47. The van der Waals surface area contributed by atoms with Crippen LogP contribution in [0.5, 0.6) is 0 Å². The molecule has 5 heteroatoms. The summed E-state index contributed by atoms with van der Waals surface area (Å²) in [6.07, 6.45) is 4.43. The van der Waals surface area contributed by atoms with Crippen LogP contribution < -0.4 is 10.9 Å². The molecule has 0 aliphatic rings. The standard InChI is InChI=1S/C18H19N3O2/c1-3-20-17(22)13-6-4-5-12(9-13)16-11-21(2)18(23)14-7-8-19-10-15(14)16/h4-11,17,20,22H,3H2,1-2H3. The Balaban J connectivity index is 2.20. The summed E-state index contributed by atoms with van der Waals surface area (Å²) >= 11 is 0. The zero-order valence-corrected chi connectivity index (χ0v) is 13.2. The summed E-state index contributed by atoms with van der Waals surface area (Å²) in [5.41, 5.74) is 2.60. The predicted molar refractivity (Wildman–Crippen MR) is 91.1 cm³/mol. The summed E-state index contributed by atoms with van der Waals surface area (Å²) in [5.74, 6) is 0. The van der Waals surface area contributed by atoms with Crippen molar-refractivity contribution in [1.29, 1.82) is 0 Å². The number of aliphatic hydroxyl groups is 1. The van der Waals surface area contributed by atoms with E-state index in [0.717, 1.165) is 22.1 Å². The van der Waals surface area contributed by atoms with Gasteiger partial charge in [0.25, 0.3) is 5.56 Å². The molecule has 0 aliphatic heterocycles. The average Bonchev–Trinajstić information content (AvgIpc) is 2.58. The van der Waals surface area contributed by atoms with Crippen molar-refractivity contribution >= 4 is 10.8 Å². The van der Waals surface area contributed by atoms with Crippen LogP contribution in [0.2, 0.25) is 0 Å². The Bertz CT molecular complexity index is 902. The predicted octanol–water partition coefficient (Wildman–Crippen LogP) is 2.20. The minimum Gasteiger partial charge on any atom is -0.374 e. The van der Waals surface area contributed by atoms with Gasteiger partial charge in [-0.15, -0.1) is 0 Å². The van der Waals surface area contributed by atoms with Crippen molar-refractivity contribution < 1.29 is 5.11 Å². The number of nitrogens with one attached hydrogen (secondary N) is 1. The fourth-order valence-corrected chi connectivity index (χ4v) is 2.72. The zero-order valence-electron chi connectivity index (χ0n) is 13.2. The topological polar surface area (TPSA) is 67.2 Å². The van der Waals surface area contributed by atoms with Crippen molar-refractivity contribution in [3.63, 3.8) is 0 Å². The number of aliphatic hydroxyl groups excluding tert-OH is 1. The van der Waals surface area contributed by atoms with Crippen molar-refractivity contribution in [1.82, 2.24) is 14.9 Å². The van der Waals surface area contributed by atoms with Gasteiger partial charge in [-0.1, -0.05) is 25.1 Å². The van der Waals surface area contributed by atoms with Crippen LogP contribution in [0, 0.1) is 0 Å². The third kappa shape index (κ3) is 2.88. The number of pyridine rings is 2. The highest BCUT2D eigenvalue weighted by atomic mass is 16.3. The molecule has 0 fully saturated rings. The van der Waals surface area contributed by atoms with E-state index in [1.54, 1.807) is 30.1 Å². The number of fused-ring (bicyclic) bond motifs is 1. The highest BCUT2D eigenvalue weighted by Gasteiger charge is 2.11. The van der Waals surface area contributed by atoms with Crippen molar-refractivity contribution in [2.45, 2.75) is 13.2 Å². The summed E-state index contributed by atoms with van der Waals surface area (Å²) in [5, 5.41) is 14.6. The highest BCUT2D eigenvalue weighted by molar-refractivity contribution is 5.95. The van der Waals surface area contributed by atoms with Crippen LogP contribution in [-0.4, -0.2) is 21.2 Å². The zero-order chi connectivity index (χ0) is 16.4. The van der Waals surface area contributed by atoms with Gasteiger partial charge in [-0.25, -0.2) is 0 Å². The molecule has 0 aliphatic carbocycles. The summed E-state index contributed by atoms with van der Waals surface area (Å²) in [6.45, 7) is 2.62. The average molecular weight is 309 g/mol. The molecule has 23 heavy (non-hydrogen) atoms. The SMILES string of the molecule is CCNC(O)c1cccc(-c2cn(C)c(=O)c3ccncc23)c1. The second-order valence-electron chi connectivity index (χ2n) is 5.47. The first-order valence-corrected chi connectivity index (χ1v) is 7.57. The van der Waals surface area contributed by atoms with E-state index < -0.39 is 6.23 Å². The number of aryl methyl sites for hydroxylation is 1. The normalized spacial score (nSPS) is 12.5. The first-order valence-electron chi connectivity index (χ1n) is 7.57. The summed E-state index contributed by atoms with van der Waals surface area (Å²) in [4.78, 5) is 16.4. The molecular formula is C18H19N3O2. The Labute approximate surface area is 134 Å². The van der Waals surface area contributed by atoms with E-state index >= 15 is 0 Å². The number of aromatic nitrogens is 2. The van der Waals surface area contributed by atoms with Crippen LogP contribution in [0.1, 0.15) is 18.7 Å². The fraction of sp³-hybridized carbons (Fsp3) is 0.222. The molecule has 1 aromatic carbocycles. The van der Waals surface area contributed by atoms with Crippen LogP contribution in [0.15, 0.2) is 53.7 Å². The Morgan fingerprint density at radius 2 is 2.13 bits per heavy atom. The van der Waals surface area contributed by atoms with Gasteiger partial charge in [0.05, 0.1) is 5.39 Å². The lowest BCUT2D eigenvalue weighted by Crippen LogP contribution is -2.20. The Morgan fingerprint density at radius 1 is 1.30 bits per heavy atom. The summed E-state index contributed by atoms with van der Waals surface area (Å²) in [7, 11) is 1.74. The molecule has 0 saturated heterocycles. The van der Waals surface area contributed by atoms with Gasteiger partial charge in [-0.05, 0) is 29.8 Å². The largest absolute Gasteiger partial charge is 0.374 e. The van der Waals surface area contributed by atoms with Gasteiger partial charge < -0.3 is 9.67 Å². The summed E-state index contributed by atoms with van der Waals surface area (Å²) in [6, 6.07) is 9.41. The highest BCUT2D eigenvalue weighted by Crippen LogP contribution is 2.27.